The van der Waals surface area contributed by atoms with Crippen LogP contribution in [-0.4, -0.2) is 77.3 Å². The quantitative estimate of drug-likeness (QED) is 0.804. The first-order valence-corrected chi connectivity index (χ1v) is 7.59. The molecule has 7 heteroatoms. The average Bonchev–Trinajstić information content (AvgIpc) is 2.87. The Bertz CT molecular complexity index is 366. The number of carbonyl (C=O) groups excluding carboxylic acids is 1. The molecule has 2 aliphatic heterocycles. The number of hydrogen-bond donors (Lipinski definition) is 1. The number of carboxylic acids is 1. The van der Waals surface area contributed by atoms with Gasteiger partial charge >= 0.3 is 12.0 Å². The highest BCUT2D eigenvalue weighted by Gasteiger charge is 2.40. The summed E-state index contributed by atoms with van der Waals surface area (Å²) >= 11 is 1.84. The van der Waals surface area contributed by atoms with Crippen LogP contribution in [0.15, 0.2) is 0 Å². The molecule has 0 aromatic carbocycles. The number of carboxylic acid groups (broad SMARTS) is 1. The third-order valence-electron chi connectivity index (χ3n) is 3.78. The molecule has 0 aliphatic carbocycles. The predicted octanol–water partition coefficient (Wildman–Crippen LogP) is 0.575. The molecule has 3 atom stereocenters. The first kappa shape index (κ1) is 14.5. The zero-order chi connectivity index (χ0) is 14.0. The van der Waals surface area contributed by atoms with Crippen molar-refractivity contribution in [3.8, 4) is 0 Å². The van der Waals surface area contributed by atoms with E-state index in [1.54, 1.807) is 7.05 Å². The van der Waals surface area contributed by atoms with E-state index in [1.165, 1.54) is 4.90 Å². The Morgan fingerprint density at radius 2 is 2.16 bits per heavy atom. The van der Waals surface area contributed by atoms with Gasteiger partial charge in [-0.3, -0.25) is 4.79 Å². The normalized spacial score (nSPS) is 31.3. The van der Waals surface area contributed by atoms with Gasteiger partial charge in [0.1, 0.15) is 5.92 Å². The summed E-state index contributed by atoms with van der Waals surface area (Å²) in [5, 5.41) is 9.14. The van der Waals surface area contributed by atoms with Crippen molar-refractivity contribution < 1.29 is 19.4 Å². The molecule has 0 saturated carbocycles. The van der Waals surface area contributed by atoms with Crippen molar-refractivity contribution in [2.75, 3.05) is 38.3 Å². The van der Waals surface area contributed by atoms with Crippen LogP contribution < -0.4 is 0 Å². The molecule has 0 spiro atoms. The minimum atomic E-state index is -0.899. The highest BCUT2D eigenvalue weighted by Crippen LogP contribution is 2.23. The molecule has 19 heavy (non-hydrogen) atoms. The summed E-state index contributed by atoms with van der Waals surface area (Å²) in [5.41, 5.74) is 0. The molecule has 0 aromatic heterocycles. The van der Waals surface area contributed by atoms with Gasteiger partial charge in [0.2, 0.25) is 0 Å². The smallest absolute Gasteiger partial charge is 0.320 e. The number of rotatable bonds is 2. The van der Waals surface area contributed by atoms with Gasteiger partial charge in [0, 0.05) is 31.1 Å². The zero-order valence-electron chi connectivity index (χ0n) is 11.2. The molecule has 2 aliphatic rings. The van der Waals surface area contributed by atoms with Crippen molar-refractivity contribution >= 4 is 23.8 Å². The highest BCUT2D eigenvalue weighted by molar-refractivity contribution is 7.99. The van der Waals surface area contributed by atoms with Crippen LogP contribution in [0.25, 0.3) is 0 Å². The van der Waals surface area contributed by atoms with Crippen LogP contribution in [0.4, 0.5) is 4.79 Å². The van der Waals surface area contributed by atoms with Gasteiger partial charge in [-0.25, -0.2) is 4.79 Å². The number of nitrogens with zero attached hydrogens (tertiary/aromatic N) is 2. The second-order valence-electron chi connectivity index (χ2n) is 5.06. The number of ether oxygens (including phenoxy) is 1. The Labute approximate surface area is 117 Å². The van der Waals surface area contributed by atoms with Gasteiger partial charge < -0.3 is 19.6 Å². The molecule has 3 unspecified atom stereocenters. The lowest BCUT2D eigenvalue weighted by molar-refractivity contribution is -0.142. The fourth-order valence-electron chi connectivity index (χ4n) is 2.52. The zero-order valence-corrected chi connectivity index (χ0v) is 12.1. The molecule has 0 radical (unpaired) electrons. The number of aliphatic carboxylic acids is 1. The highest BCUT2D eigenvalue weighted by atomic mass is 32.2. The molecule has 2 saturated heterocycles. The number of carbonyl (C=O) groups is 2. The second kappa shape index (κ2) is 6.00. The molecule has 0 bridgehead atoms. The van der Waals surface area contributed by atoms with E-state index in [-0.39, 0.29) is 24.7 Å². The topological polar surface area (TPSA) is 70.1 Å². The summed E-state index contributed by atoms with van der Waals surface area (Å²) in [6, 6.07) is -0.263. The fourth-order valence-corrected chi connectivity index (χ4v) is 3.53. The van der Waals surface area contributed by atoms with Crippen molar-refractivity contribution in [2.45, 2.75) is 19.0 Å². The number of amides is 2. The molecule has 108 valence electrons. The van der Waals surface area contributed by atoms with Gasteiger partial charge in [-0.2, -0.15) is 11.8 Å². The molecule has 6 nitrogen and oxygen atoms in total. The van der Waals surface area contributed by atoms with Crippen molar-refractivity contribution in [3.63, 3.8) is 0 Å². The maximum absolute atomic E-state index is 12.5. The van der Waals surface area contributed by atoms with Gasteiger partial charge in [-0.15, -0.1) is 0 Å². The molecule has 2 heterocycles. The largest absolute Gasteiger partial charge is 0.481 e. The first-order valence-electron chi connectivity index (χ1n) is 6.44. The Kier molecular flexibility index (Phi) is 4.57. The number of likely N-dealkylation sites (N-methyl/N-ethyl adjacent to an activating group) is 1. The molecule has 1 N–H and O–H groups in total. The van der Waals surface area contributed by atoms with Crippen molar-refractivity contribution in [1.29, 1.82) is 0 Å². The monoisotopic (exact) mass is 288 g/mol. The van der Waals surface area contributed by atoms with E-state index in [1.807, 2.05) is 23.6 Å². The van der Waals surface area contributed by atoms with Crippen LogP contribution in [0, 0.1) is 5.92 Å². The minimum Gasteiger partial charge on any atom is -0.481 e. The van der Waals surface area contributed by atoms with Gasteiger partial charge in [-0.1, -0.05) is 0 Å². The number of urea groups is 1. The Morgan fingerprint density at radius 3 is 2.79 bits per heavy atom. The van der Waals surface area contributed by atoms with Crippen LogP contribution in [0.2, 0.25) is 0 Å². The minimum absolute atomic E-state index is 0.0884. The van der Waals surface area contributed by atoms with Crippen molar-refractivity contribution in [1.82, 2.24) is 9.80 Å². The second-order valence-corrected chi connectivity index (χ2v) is 6.21. The lowest BCUT2D eigenvalue weighted by atomic mass is 10.0. The average molecular weight is 288 g/mol. The van der Waals surface area contributed by atoms with Gasteiger partial charge in [0.25, 0.3) is 0 Å². The third kappa shape index (κ3) is 2.97. The van der Waals surface area contributed by atoms with E-state index >= 15 is 0 Å². The SMILES string of the molecule is CC1CSCCN1C(=O)N(C)C1COCC1C(=O)O. The van der Waals surface area contributed by atoms with Crippen LogP contribution in [0.1, 0.15) is 6.92 Å². The van der Waals surface area contributed by atoms with E-state index in [2.05, 4.69) is 0 Å². The molecule has 2 rings (SSSR count). The number of thioether (sulfide) groups is 1. The van der Waals surface area contributed by atoms with Crippen LogP contribution in [-0.2, 0) is 9.53 Å². The molecule has 2 fully saturated rings. The van der Waals surface area contributed by atoms with Crippen molar-refractivity contribution in [3.05, 3.63) is 0 Å². The summed E-state index contributed by atoms with van der Waals surface area (Å²) in [7, 11) is 1.67. The van der Waals surface area contributed by atoms with Crippen LogP contribution in [0.3, 0.4) is 0 Å². The number of hydrogen-bond acceptors (Lipinski definition) is 4. The van der Waals surface area contributed by atoms with Crippen molar-refractivity contribution in [2.24, 2.45) is 5.92 Å². The molecule has 0 aromatic rings. The standard InChI is InChI=1S/C12H20N2O4S/c1-8-7-19-4-3-14(8)12(17)13(2)10-6-18-5-9(10)11(15)16/h8-10H,3-7H2,1-2H3,(H,15,16). The van der Waals surface area contributed by atoms with E-state index in [9.17, 15) is 9.59 Å². The van der Waals surface area contributed by atoms with Gasteiger partial charge in [0.15, 0.2) is 0 Å². The Morgan fingerprint density at radius 1 is 1.42 bits per heavy atom. The first-order chi connectivity index (χ1) is 9.02. The fraction of sp³-hybridized carbons (Fsp3) is 0.833. The van der Waals surface area contributed by atoms with Gasteiger partial charge in [-0.05, 0) is 6.92 Å². The third-order valence-corrected chi connectivity index (χ3v) is 4.97. The Balaban J connectivity index is 2.03. The lowest BCUT2D eigenvalue weighted by Gasteiger charge is -2.38. The predicted molar refractivity (Wildman–Crippen MR) is 72.4 cm³/mol. The summed E-state index contributed by atoms with van der Waals surface area (Å²) in [6.07, 6.45) is 0. The molecule has 2 amide bonds. The van der Waals surface area contributed by atoms with E-state index in [0.717, 1.165) is 18.1 Å². The summed E-state index contributed by atoms with van der Waals surface area (Å²) < 4.78 is 5.22. The van der Waals surface area contributed by atoms with E-state index < -0.39 is 11.9 Å². The van der Waals surface area contributed by atoms with Crippen LogP contribution >= 0.6 is 11.8 Å². The van der Waals surface area contributed by atoms with Crippen LogP contribution in [0.5, 0.6) is 0 Å². The molecular weight excluding hydrogens is 268 g/mol. The van der Waals surface area contributed by atoms with E-state index in [0.29, 0.717) is 6.61 Å². The maximum atomic E-state index is 12.5. The Hall–Kier alpha value is -0.950. The summed E-state index contributed by atoms with van der Waals surface area (Å²) in [4.78, 5) is 27.0. The maximum Gasteiger partial charge on any atom is 0.320 e. The summed E-state index contributed by atoms with van der Waals surface area (Å²) in [5.74, 6) is 0.351. The molecular formula is C12H20N2O4S. The van der Waals surface area contributed by atoms with E-state index in [4.69, 9.17) is 9.84 Å². The summed E-state index contributed by atoms with van der Waals surface area (Å²) in [6.45, 7) is 3.23. The van der Waals surface area contributed by atoms with Gasteiger partial charge in [0.05, 0.1) is 19.3 Å². The lowest BCUT2D eigenvalue weighted by Crippen LogP contribution is -2.54.